The zero-order chi connectivity index (χ0) is 12.3. The second-order valence-electron chi connectivity index (χ2n) is 5.09. The topological polar surface area (TPSA) is 55.0 Å². The van der Waals surface area contributed by atoms with Crippen molar-refractivity contribution < 1.29 is 0 Å². The van der Waals surface area contributed by atoms with Crippen LogP contribution in [0.2, 0.25) is 0 Å². The maximum absolute atomic E-state index is 5.61. The van der Waals surface area contributed by atoms with Gasteiger partial charge in [-0.2, -0.15) is 0 Å². The van der Waals surface area contributed by atoms with E-state index in [0.717, 1.165) is 17.6 Å². The van der Waals surface area contributed by atoms with Crippen molar-refractivity contribution in [1.29, 1.82) is 0 Å². The zero-order valence-electron chi connectivity index (χ0n) is 10.8. The highest BCUT2D eigenvalue weighted by molar-refractivity contribution is 5.30. The monoisotopic (exact) mass is 234 g/mol. The largest absolute Gasteiger partial charge is 0.341 e. The molecule has 0 radical (unpaired) electrons. The summed E-state index contributed by atoms with van der Waals surface area (Å²) in [5.74, 6) is 1.63. The van der Waals surface area contributed by atoms with Crippen molar-refractivity contribution in [2.45, 2.75) is 45.2 Å². The molecule has 0 amide bonds. The summed E-state index contributed by atoms with van der Waals surface area (Å²) in [5.41, 5.74) is 6.52. The van der Waals surface area contributed by atoms with Crippen molar-refractivity contribution in [3.05, 3.63) is 18.0 Å². The number of aromatic nitrogens is 2. The van der Waals surface area contributed by atoms with Crippen LogP contribution in [-0.2, 0) is 6.54 Å². The molecular weight excluding hydrogens is 212 g/mol. The van der Waals surface area contributed by atoms with Gasteiger partial charge in [-0.15, -0.1) is 0 Å². The van der Waals surface area contributed by atoms with Crippen molar-refractivity contribution in [1.82, 2.24) is 9.97 Å². The van der Waals surface area contributed by atoms with Gasteiger partial charge in [0, 0.05) is 25.8 Å². The third-order valence-corrected chi connectivity index (χ3v) is 3.68. The lowest BCUT2D eigenvalue weighted by molar-refractivity contribution is 0.334. The van der Waals surface area contributed by atoms with Crippen LogP contribution in [0.5, 0.6) is 0 Å². The van der Waals surface area contributed by atoms with Crippen LogP contribution in [0.4, 0.5) is 5.95 Å². The van der Waals surface area contributed by atoms with E-state index in [-0.39, 0.29) is 0 Å². The van der Waals surface area contributed by atoms with Crippen LogP contribution in [0.25, 0.3) is 0 Å². The summed E-state index contributed by atoms with van der Waals surface area (Å²) in [6, 6.07) is 2.45. The number of rotatable bonds is 3. The first kappa shape index (κ1) is 12.3. The fourth-order valence-electron chi connectivity index (χ4n) is 2.59. The molecule has 94 valence electrons. The zero-order valence-corrected chi connectivity index (χ0v) is 10.8. The fourth-order valence-corrected chi connectivity index (χ4v) is 2.59. The third kappa shape index (κ3) is 2.94. The van der Waals surface area contributed by atoms with E-state index in [1.165, 1.54) is 25.7 Å². The highest BCUT2D eigenvalue weighted by Crippen LogP contribution is 2.28. The van der Waals surface area contributed by atoms with Gasteiger partial charge in [-0.25, -0.2) is 9.97 Å². The Balaban J connectivity index is 2.09. The minimum absolute atomic E-state index is 0.477. The first-order chi connectivity index (χ1) is 8.20. The van der Waals surface area contributed by atoms with Crippen molar-refractivity contribution in [2.24, 2.45) is 11.7 Å². The Morgan fingerprint density at radius 1 is 1.47 bits per heavy atom. The van der Waals surface area contributed by atoms with Gasteiger partial charge in [-0.05, 0) is 24.8 Å². The molecule has 1 heterocycles. The van der Waals surface area contributed by atoms with E-state index >= 15 is 0 Å². The van der Waals surface area contributed by atoms with Gasteiger partial charge in [0.15, 0.2) is 0 Å². The SMILES string of the molecule is CC1CCCC(N(C)c2nccc(CN)n2)C1. The molecule has 0 spiro atoms. The van der Waals surface area contributed by atoms with Crippen molar-refractivity contribution in [3.63, 3.8) is 0 Å². The van der Waals surface area contributed by atoms with Crippen molar-refractivity contribution in [3.8, 4) is 0 Å². The Hall–Kier alpha value is -1.16. The Labute approximate surface area is 103 Å². The van der Waals surface area contributed by atoms with Gasteiger partial charge < -0.3 is 10.6 Å². The molecule has 4 nitrogen and oxygen atoms in total. The summed E-state index contributed by atoms with van der Waals surface area (Å²) in [6.07, 6.45) is 6.96. The molecule has 1 fully saturated rings. The van der Waals surface area contributed by atoms with Gasteiger partial charge in [0.2, 0.25) is 5.95 Å². The van der Waals surface area contributed by atoms with Crippen molar-refractivity contribution >= 4 is 5.95 Å². The molecule has 1 aromatic heterocycles. The summed E-state index contributed by atoms with van der Waals surface area (Å²) >= 11 is 0. The summed E-state index contributed by atoms with van der Waals surface area (Å²) in [5, 5.41) is 0. The van der Waals surface area contributed by atoms with Gasteiger partial charge in [0.25, 0.3) is 0 Å². The maximum Gasteiger partial charge on any atom is 0.225 e. The number of nitrogens with zero attached hydrogens (tertiary/aromatic N) is 3. The highest BCUT2D eigenvalue weighted by atomic mass is 15.3. The molecule has 0 aliphatic heterocycles. The minimum Gasteiger partial charge on any atom is -0.341 e. The Morgan fingerprint density at radius 2 is 2.29 bits per heavy atom. The Morgan fingerprint density at radius 3 is 3.00 bits per heavy atom. The number of anilines is 1. The molecule has 17 heavy (non-hydrogen) atoms. The lowest BCUT2D eigenvalue weighted by Crippen LogP contribution is -2.36. The molecule has 0 saturated heterocycles. The molecule has 1 aliphatic rings. The van der Waals surface area contributed by atoms with E-state index in [1.807, 2.05) is 6.07 Å². The predicted molar refractivity (Wildman–Crippen MR) is 69.7 cm³/mol. The highest BCUT2D eigenvalue weighted by Gasteiger charge is 2.23. The molecule has 2 unspecified atom stereocenters. The smallest absolute Gasteiger partial charge is 0.225 e. The molecule has 4 heteroatoms. The lowest BCUT2D eigenvalue weighted by atomic mass is 9.86. The Kier molecular flexibility index (Phi) is 3.94. The second kappa shape index (κ2) is 5.45. The average molecular weight is 234 g/mol. The maximum atomic E-state index is 5.61. The molecule has 1 aliphatic carbocycles. The quantitative estimate of drug-likeness (QED) is 0.868. The first-order valence-electron chi connectivity index (χ1n) is 6.45. The fraction of sp³-hybridized carbons (Fsp3) is 0.692. The molecule has 1 aromatic rings. The molecule has 2 N–H and O–H groups in total. The minimum atomic E-state index is 0.477. The van der Waals surface area contributed by atoms with E-state index in [4.69, 9.17) is 5.73 Å². The van der Waals surface area contributed by atoms with Gasteiger partial charge >= 0.3 is 0 Å². The molecular formula is C13H22N4. The Bertz CT molecular complexity index is 366. The van der Waals surface area contributed by atoms with Crippen LogP contribution in [0.3, 0.4) is 0 Å². The van der Waals surface area contributed by atoms with Crippen LogP contribution in [0.1, 0.15) is 38.3 Å². The van der Waals surface area contributed by atoms with Crippen LogP contribution in [0, 0.1) is 5.92 Å². The summed E-state index contributed by atoms with van der Waals surface area (Å²) in [7, 11) is 2.10. The summed E-state index contributed by atoms with van der Waals surface area (Å²) in [4.78, 5) is 11.0. The molecule has 1 saturated carbocycles. The van der Waals surface area contributed by atoms with Crippen LogP contribution < -0.4 is 10.6 Å². The van der Waals surface area contributed by atoms with E-state index in [0.29, 0.717) is 12.6 Å². The van der Waals surface area contributed by atoms with Crippen LogP contribution >= 0.6 is 0 Å². The first-order valence-corrected chi connectivity index (χ1v) is 6.45. The molecule has 0 aromatic carbocycles. The average Bonchev–Trinajstić information content (AvgIpc) is 2.38. The summed E-state index contributed by atoms with van der Waals surface area (Å²) in [6.45, 7) is 2.81. The normalized spacial score (nSPS) is 24.6. The molecule has 2 atom stereocenters. The van der Waals surface area contributed by atoms with E-state index in [9.17, 15) is 0 Å². The second-order valence-corrected chi connectivity index (χ2v) is 5.09. The third-order valence-electron chi connectivity index (χ3n) is 3.68. The van der Waals surface area contributed by atoms with Gasteiger partial charge in [-0.3, -0.25) is 0 Å². The molecule has 0 bridgehead atoms. The summed E-state index contributed by atoms with van der Waals surface area (Å²) < 4.78 is 0. The van der Waals surface area contributed by atoms with E-state index < -0.39 is 0 Å². The number of nitrogens with two attached hydrogens (primary N) is 1. The predicted octanol–water partition coefficient (Wildman–Crippen LogP) is 1.95. The lowest BCUT2D eigenvalue weighted by Gasteiger charge is -2.34. The molecule has 2 rings (SSSR count). The van der Waals surface area contributed by atoms with Crippen molar-refractivity contribution in [2.75, 3.05) is 11.9 Å². The van der Waals surface area contributed by atoms with Gasteiger partial charge in [0.05, 0.1) is 5.69 Å². The van der Waals surface area contributed by atoms with Gasteiger partial charge in [-0.1, -0.05) is 19.8 Å². The number of hydrogen-bond donors (Lipinski definition) is 1. The van der Waals surface area contributed by atoms with E-state index in [1.54, 1.807) is 6.20 Å². The standard InChI is InChI=1S/C13H22N4/c1-10-4-3-5-12(8-10)17(2)13-15-7-6-11(9-14)16-13/h6-7,10,12H,3-5,8-9,14H2,1-2H3. The van der Waals surface area contributed by atoms with Gasteiger partial charge in [0.1, 0.15) is 0 Å². The van der Waals surface area contributed by atoms with Crippen LogP contribution in [-0.4, -0.2) is 23.1 Å². The van der Waals surface area contributed by atoms with E-state index in [2.05, 4.69) is 28.8 Å². The van der Waals surface area contributed by atoms with Crippen LogP contribution in [0.15, 0.2) is 12.3 Å². The number of hydrogen-bond acceptors (Lipinski definition) is 4.